The summed E-state index contributed by atoms with van der Waals surface area (Å²) in [5.74, 6) is 0.954. The summed E-state index contributed by atoms with van der Waals surface area (Å²) in [6.45, 7) is 4.92. The number of rotatable bonds is 8. The van der Waals surface area contributed by atoms with Crippen molar-refractivity contribution in [2.75, 3.05) is 45.5 Å². The fraction of sp³-hybridized carbons (Fsp3) is 0.588. The molecule has 1 fully saturated rings. The summed E-state index contributed by atoms with van der Waals surface area (Å²) in [7, 11) is -3.21. The predicted octanol–water partition coefficient (Wildman–Crippen LogP) is 1.11. The van der Waals surface area contributed by atoms with Gasteiger partial charge in [0.25, 0.3) is 5.89 Å². The lowest BCUT2D eigenvalue weighted by Crippen LogP contribution is -2.52. The number of nitrogens with zero attached hydrogens (tertiary/aromatic N) is 5. The third-order valence-corrected chi connectivity index (χ3v) is 6.68. The molecule has 0 aliphatic carbocycles. The van der Waals surface area contributed by atoms with Crippen LogP contribution in [0.25, 0.3) is 10.8 Å². The van der Waals surface area contributed by atoms with Crippen LogP contribution in [0.15, 0.2) is 21.9 Å². The van der Waals surface area contributed by atoms with Crippen molar-refractivity contribution < 1.29 is 17.6 Å². The zero-order valence-corrected chi connectivity index (χ0v) is 17.7. The first-order valence-corrected chi connectivity index (χ1v) is 11.9. The first-order chi connectivity index (χ1) is 13.4. The first-order valence-electron chi connectivity index (χ1n) is 9.18. The number of piperazine rings is 1. The maximum absolute atomic E-state index is 12.7. The molecular weight excluding hydrogens is 402 g/mol. The van der Waals surface area contributed by atoms with Gasteiger partial charge in [-0.15, -0.1) is 21.5 Å². The second kappa shape index (κ2) is 9.12. The van der Waals surface area contributed by atoms with Crippen LogP contribution < -0.4 is 0 Å². The first kappa shape index (κ1) is 20.9. The van der Waals surface area contributed by atoms with Crippen LogP contribution in [0.4, 0.5) is 0 Å². The number of sulfonamides is 1. The molecule has 0 aromatic carbocycles. The molecule has 0 bridgehead atoms. The molecular formula is C17H25N5O4S2. The van der Waals surface area contributed by atoms with E-state index in [2.05, 4.69) is 10.2 Å². The second-order valence-electron chi connectivity index (χ2n) is 6.73. The molecule has 3 rings (SSSR count). The molecule has 3 heterocycles. The van der Waals surface area contributed by atoms with Crippen LogP contribution >= 0.6 is 11.3 Å². The topological polar surface area (TPSA) is 99.9 Å². The maximum Gasteiger partial charge on any atom is 0.257 e. The standard InChI is InChI=1S/C17H25N5O4S2/c1-3-6-20(12-15-18-19-17(26-15)14-5-4-11-27-14)13-16(23)21-7-9-22(10-8-21)28(2,24)25/h4-5,11H,3,6-10,12-13H2,1-2H3. The largest absolute Gasteiger partial charge is 0.419 e. The third-order valence-electron chi connectivity index (χ3n) is 4.52. The van der Waals surface area contributed by atoms with E-state index in [9.17, 15) is 13.2 Å². The van der Waals surface area contributed by atoms with Crippen molar-refractivity contribution in [3.63, 3.8) is 0 Å². The summed E-state index contributed by atoms with van der Waals surface area (Å²) in [4.78, 5) is 17.3. The van der Waals surface area contributed by atoms with E-state index in [4.69, 9.17) is 4.42 Å². The third kappa shape index (κ3) is 5.37. The van der Waals surface area contributed by atoms with Crippen molar-refractivity contribution in [1.82, 2.24) is 24.3 Å². The number of amides is 1. The van der Waals surface area contributed by atoms with E-state index in [1.165, 1.54) is 21.9 Å². The van der Waals surface area contributed by atoms with E-state index < -0.39 is 10.0 Å². The highest BCUT2D eigenvalue weighted by Gasteiger charge is 2.27. The minimum absolute atomic E-state index is 0.0143. The van der Waals surface area contributed by atoms with Gasteiger partial charge >= 0.3 is 0 Å². The van der Waals surface area contributed by atoms with Crippen molar-refractivity contribution in [3.05, 3.63) is 23.4 Å². The Morgan fingerprint density at radius 2 is 2.04 bits per heavy atom. The zero-order chi connectivity index (χ0) is 20.1. The predicted molar refractivity (Wildman–Crippen MR) is 106 cm³/mol. The molecule has 28 heavy (non-hydrogen) atoms. The summed E-state index contributed by atoms with van der Waals surface area (Å²) in [5.41, 5.74) is 0. The average molecular weight is 428 g/mol. The molecule has 2 aromatic heterocycles. The van der Waals surface area contributed by atoms with Crippen LogP contribution in [-0.2, 0) is 21.4 Å². The molecule has 1 saturated heterocycles. The lowest BCUT2D eigenvalue weighted by atomic mass is 10.3. The fourth-order valence-corrected chi connectivity index (χ4v) is 4.57. The average Bonchev–Trinajstić information content (AvgIpc) is 3.32. The lowest BCUT2D eigenvalue weighted by Gasteiger charge is -2.34. The summed E-state index contributed by atoms with van der Waals surface area (Å²) < 4.78 is 30.4. The highest BCUT2D eigenvalue weighted by molar-refractivity contribution is 7.88. The summed E-state index contributed by atoms with van der Waals surface area (Å²) in [6.07, 6.45) is 2.09. The van der Waals surface area contributed by atoms with Crippen molar-refractivity contribution in [1.29, 1.82) is 0 Å². The molecule has 9 nitrogen and oxygen atoms in total. The van der Waals surface area contributed by atoms with Crippen LogP contribution in [-0.4, -0.2) is 84.2 Å². The number of thiophene rings is 1. The SMILES string of the molecule is CCCN(CC(=O)N1CCN(S(C)(=O)=O)CC1)Cc1nnc(-c2cccs2)o1. The van der Waals surface area contributed by atoms with Gasteiger partial charge in [0, 0.05) is 26.2 Å². The monoisotopic (exact) mass is 427 g/mol. The number of hydrogen-bond acceptors (Lipinski definition) is 8. The minimum Gasteiger partial charge on any atom is -0.419 e. The Kier molecular flexibility index (Phi) is 6.81. The molecule has 2 aromatic rings. The van der Waals surface area contributed by atoms with E-state index in [-0.39, 0.29) is 12.5 Å². The second-order valence-corrected chi connectivity index (χ2v) is 9.66. The minimum atomic E-state index is -3.21. The molecule has 0 atom stereocenters. The summed E-state index contributed by atoms with van der Waals surface area (Å²) in [5, 5.41) is 10.1. The van der Waals surface area contributed by atoms with E-state index in [1.54, 1.807) is 4.90 Å². The summed E-state index contributed by atoms with van der Waals surface area (Å²) >= 11 is 1.53. The van der Waals surface area contributed by atoms with Crippen LogP contribution in [0.5, 0.6) is 0 Å². The van der Waals surface area contributed by atoms with Crippen molar-refractivity contribution in [3.8, 4) is 10.8 Å². The van der Waals surface area contributed by atoms with Crippen LogP contribution in [0.3, 0.4) is 0 Å². The highest BCUT2D eigenvalue weighted by Crippen LogP contribution is 2.23. The highest BCUT2D eigenvalue weighted by atomic mass is 32.2. The Labute approximate surface area is 169 Å². The molecule has 0 unspecified atom stereocenters. The van der Waals surface area contributed by atoms with Crippen molar-refractivity contribution in [2.24, 2.45) is 0 Å². The van der Waals surface area contributed by atoms with Gasteiger partial charge in [-0.25, -0.2) is 8.42 Å². The van der Waals surface area contributed by atoms with Gasteiger partial charge in [-0.1, -0.05) is 13.0 Å². The molecule has 154 valence electrons. The Morgan fingerprint density at radius 3 is 2.64 bits per heavy atom. The van der Waals surface area contributed by atoms with Crippen LogP contribution in [0.1, 0.15) is 19.2 Å². The molecule has 0 radical (unpaired) electrons. The molecule has 11 heteroatoms. The lowest BCUT2D eigenvalue weighted by molar-refractivity contribution is -0.133. The van der Waals surface area contributed by atoms with Crippen LogP contribution in [0, 0.1) is 0 Å². The van der Waals surface area contributed by atoms with Gasteiger partial charge in [-0.05, 0) is 24.4 Å². The molecule has 0 saturated carbocycles. The fourth-order valence-electron chi connectivity index (χ4n) is 3.10. The Hall–Kier alpha value is -1.82. The molecule has 0 spiro atoms. The number of aromatic nitrogens is 2. The van der Waals surface area contributed by atoms with E-state index in [1.807, 2.05) is 29.3 Å². The van der Waals surface area contributed by atoms with Gasteiger partial charge in [-0.3, -0.25) is 9.69 Å². The van der Waals surface area contributed by atoms with E-state index >= 15 is 0 Å². The van der Waals surface area contributed by atoms with Crippen LogP contribution in [0.2, 0.25) is 0 Å². The Bertz CT molecular complexity index is 873. The summed E-state index contributed by atoms with van der Waals surface area (Å²) in [6, 6.07) is 3.85. The maximum atomic E-state index is 12.7. The molecule has 1 aliphatic rings. The number of carbonyl (C=O) groups excluding carboxylic acids is 1. The van der Waals surface area contributed by atoms with E-state index in [0.29, 0.717) is 44.5 Å². The van der Waals surface area contributed by atoms with Gasteiger partial charge in [0.1, 0.15) is 0 Å². The number of carbonyl (C=O) groups is 1. The van der Waals surface area contributed by atoms with Crippen molar-refractivity contribution >= 4 is 27.3 Å². The quantitative estimate of drug-likeness (QED) is 0.622. The molecule has 1 amide bonds. The van der Waals surface area contributed by atoms with Gasteiger partial charge in [0.05, 0.1) is 24.2 Å². The molecule has 0 N–H and O–H groups in total. The van der Waals surface area contributed by atoms with E-state index in [0.717, 1.165) is 17.8 Å². The zero-order valence-electron chi connectivity index (χ0n) is 16.1. The smallest absolute Gasteiger partial charge is 0.257 e. The van der Waals surface area contributed by atoms with Gasteiger partial charge < -0.3 is 9.32 Å². The van der Waals surface area contributed by atoms with Crippen molar-refractivity contribution in [2.45, 2.75) is 19.9 Å². The van der Waals surface area contributed by atoms with Gasteiger partial charge in [0.2, 0.25) is 21.8 Å². The molecule has 1 aliphatic heterocycles. The normalized spacial score (nSPS) is 16.0. The number of hydrogen-bond donors (Lipinski definition) is 0. The van der Waals surface area contributed by atoms with Gasteiger partial charge in [-0.2, -0.15) is 4.31 Å². The Balaban J connectivity index is 1.56. The van der Waals surface area contributed by atoms with Gasteiger partial charge in [0.15, 0.2) is 0 Å². The Morgan fingerprint density at radius 1 is 1.29 bits per heavy atom.